The Morgan fingerprint density at radius 1 is 1.21 bits per heavy atom. The summed E-state index contributed by atoms with van der Waals surface area (Å²) in [6.07, 6.45) is 8.90. The minimum absolute atomic E-state index is 0.321. The van der Waals surface area contributed by atoms with Gasteiger partial charge in [0.1, 0.15) is 0 Å². The zero-order valence-electron chi connectivity index (χ0n) is 11.5. The molecule has 1 aromatic rings. The highest BCUT2D eigenvalue weighted by atomic mass is 32.1. The third-order valence-corrected chi connectivity index (χ3v) is 5.49. The molecule has 1 aromatic heterocycles. The van der Waals surface area contributed by atoms with Gasteiger partial charge in [-0.05, 0) is 31.6 Å². The Bertz CT molecular complexity index is 403. The summed E-state index contributed by atoms with van der Waals surface area (Å²) in [7, 11) is 0. The summed E-state index contributed by atoms with van der Waals surface area (Å²) in [4.78, 5) is 4.72. The van der Waals surface area contributed by atoms with Crippen LogP contribution in [0.5, 0.6) is 0 Å². The van der Waals surface area contributed by atoms with Crippen molar-refractivity contribution in [3.05, 3.63) is 16.1 Å². The van der Waals surface area contributed by atoms with Crippen LogP contribution in [0.3, 0.4) is 0 Å². The molecule has 2 saturated carbocycles. The van der Waals surface area contributed by atoms with Crippen molar-refractivity contribution in [3.63, 3.8) is 0 Å². The summed E-state index contributed by atoms with van der Waals surface area (Å²) in [6, 6.07) is 0.471. The van der Waals surface area contributed by atoms with Gasteiger partial charge >= 0.3 is 0 Å². The summed E-state index contributed by atoms with van der Waals surface area (Å²) in [5.41, 5.74) is 1.19. The van der Waals surface area contributed by atoms with E-state index in [9.17, 15) is 5.11 Å². The van der Waals surface area contributed by atoms with Gasteiger partial charge in [0.25, 0.3) is 0 Å². The van der Waals surface area contributed by atoms with Gasteiger partial charge in [0.05, 0.1) is 10.7 Å². The van der Waals surface area contributed by atoms with E-state index in [0.29, 0.717) is 18.6 Å². The molecule has 2 aliphatic rings. The number of thiazole rings is 1. The number of aromatic nitrogens is 1. The van der Waals surface area contributed by atoms with E-state index in [2.05, 4.69) is 10.7 Å². The van der Waals surface area contributed by atoms with Crippen LogP contribution in [0.15, 0.2) is 5.38 Å². The van der Waals surface area contributed by atoms with Crippen molar-refractivity contribution in [2.24, 2.45) is 5.92 Å². The molecule has 0 aliphatic heterocycles. The molecule has 2 N–H and O–H groups in total. The Morgan fingerprint density at radius 3 is 2.84 bits per heavy atom. The van der Waals surface area contributed by atoms with E-state index in [1.165, 1.54) is 55.6 Å². The molecule has 106 valence electrons. The van der Waals surface area contributed by atoms with Gasteiger partial charge in [-0.1, -0.05) is 19.3 Å². The normalized spacial score (nSPS) is 28.3. The molecule has 0 bridgehead atoms. The summed E-state index contributed by atoms with van der Waals surface area (Å²) in [5.74, 6) is 1.20. The van der Waals surface area contributed by atoms with Gasteiger partial charge in [-0.2, -0.15) is 0 Å². The third-order valence-electron chi connectivity index (χ3n) is 4.44. The highest BCUT2D eigenvalue weighted by molar-refractivity contribution is 7.09. The molecule has 0 aromatic carbocycles. The van der Waals surface area contributed by atoms with Crippen molar-refractivity contribution >= 4 is 11.3 Å². The first kappa shape index (κ1) is 13.5. The second kappa shape index (κ2) is 6.33. The highest BCUT2D eigenvalue weighted by Crippen LogP contribution is 2.41. The van der Waals surface area contributed by atoms with Gasteiger partial charge in [-0.25, -0.2) is 4.98 Å². The lowest BCUT2D eigenvalue weighted by atomic mass is 9.95. The molecular formula is C15H24N2OS. The quantitative estimate of drug-likeness (QED) is 0.815. The molecule has 4 heteroatoms. The van der Waals surface area contributed by atoms with E-state index in [-0.39, 0.29) is 0 Å². The molecule has 3 rings (SSSR count). The van der Waals surface area contributed by atoms with E-state index in [1.54, 1.807) is 0 Å². The molecule has 2 unspecified atom stereocenters. The summed E-state index contributed by atoms with van der Waals surface area (Å²) in [6.45, 7) is 1.19. The van der Waals surface area contributed by atoms with Gasteiger partial charge < -0.3 is 10.4 Å². The highest BCUT2D eigenvalue weighted by Gasteiger charge is 2.27. The van der Waals surface area contributed by atoms with Crippen LogP contribution in [-0.4, -0.2) is 22.7 Å². The Labute approximate surface area is 119 Å². The molecular weight excluding hydrogens is 256 g/mol. The number of rotatable bonds is 5. The lowest BCUT2D eigenvalue weighted by molar-refractivity contribution is 0.181. The maximum Gasteiger partial charge on any atom is 0.0959 e. The summed E-state index contributed by atoms with van der Waals surface area (Å²) in [5, 5.41) is 16.7. The van der Waals surface area contributed by atoms with Crippen molar-refractivity contribution in [3.8, 4) is 0 Å². The van der Waals surface area contributed by atoms with Crippen LogP contribution in [0.2, 0.25) is 0 Å². The van der Waals surface area contributed by atoms with Gasteiger partial charge in [-0.15, -0.1) is 11.3 Å². The zero-order valence-corrected chi connectivity index (χ0v) is 12.3. The number of nitrogens with one attached hydrogen (secondary N) is 1. The van der Waals surface area contributed by atoms with E-state index < -0.39 is 0 Å². The van der Waals surface area contributed by atoms with E-state index >= 15 is 0 Å². The molecule has 0 amide bonds. The van der Waals surface area contributed by atoms with Crippen molar-refractivity contribution in [2.45, 2.75) is 63.5 Å². The molecule has 19 heavy (non-hydrogen) atoms. The first-order valence-corrected chi connectivity index (χ1v) is 8.53. The number of hydrogen-bond acceptors (Lipinski definition) is 4. The smallest absolute Gasteiger partial charge is 0.0959 e. The van der Waals surface area contributed by atoms with Crippen LogP contribution in [0.4, 0.5) is 0 Å². The largest absolute Gasteiger partial charge is 0.396 e. The molecule has 0 spiro atoms. The molecule has 0 radical (unpaired) electrons. The number of aliphatic hydroxyl groups excluding tert-OH is 1. The van der Waals surface area contributed by atoms with Crippen LogP contribution in [0.25, 0.3) is 0 Å². The van der Waals surface area contributed by atoms with Crippen LogP contribution >= 0.6 is 11.3 Å². The van der Waals surface area contributed by atoms with Crippen LogP contribution < -0.4 is 5.32 Å². The van der Waals surface area contributed by atoms with E-state index in [4.69, 9.17) is 4.98 Å². The van der Waals surface area contributed by atoms with Crippen LogP contribution in [0, 0.1) is 5.92 Å². The topological polar surface area (TPSA) is 45.1 Å². The second-order valence-corrected chi connectivity index (χ2v) is 6.91. The van der Waals surface area contributed by atoms with Crippen molar-refractivity contribution < 1.29 is 5.11 Å². The van der Waals surface area contributed by atoms with Crippen molar-refractivity contribution in [2.75, 3.05) is 6.61 Å². The zero-order chi connectivity index (χ0) is 13.1. The van der Waals surface area contributed by atoms with Crippen molar-refractivity contribution in [1.29, 1.82) is 0 Å². The summed E-state index contributed by atoms with van der Waals surface area (Å²) < 4.78 is 0. The predicted octanol–water partition coefficient (Wildman–Crippen LogP) is 3.05. The van der Waals surface area contributed by atoms with Crippen LogP contribution in [0.1, 0.15) is 61.6 Å². The molecule has 0 saturated heterocycles. The fraction of sp³-hybridized carbons (Fsp3) is 0.800. The Morgan fingerprint density at radius 2 is 2.05 bits per heavy atom. The fourth-order valence-corrected chi connectivity index (χ4v) is 4.02. The first-order valence-electron chi connectivity index (χ1n) is 7.65. The van der Waals surface area contributed by atoms with Crippen molar-refractivity contribution in [1.82, 2.24) is 10.3 Å². The number of aliphatic hydroxyl groups is 1. The minimum atomic E-state index is 0.321. The van der Waals surface area contributed by atoms with Gasteiger partial charge in [0.2, 0.25) is 0 Å². The minimum Gasteiger partial charge on any atom is -0.396 e. The molecule has 1 heterocycles. The van der Waals surface area contributed by atoms with E-state index in [1.807, 2.05) is 11.3 Å². The number of nitrogens with zero attached hydrogens (tertiary/aromatic N) is 1. The maximum atomic E-state index is 9.52. The monoisotopic (exact) mass is 280 g/mol. The predicted molar refractivity (Wildman–Crippen MR) is 78.4 cm³/mol. The average Bonchev–Trinajstić information content (AvgIpc) is 3.21. The third kappa shape index (κ3) is 3.56. The lowest BCUT2D eigenvalue weighted by Gasteiger charge is -2.24. The Hall–Kier alpha value is -0.450. The first-order chi connectivity index (χ1) is 9.36. The van der Waals surface area contributed by atoms with Gasteiger partial charge in [-0.3, -0.25) is 0 Å². The maximum absolute atomic E-state index is 9.52. The standard InChI is InChI=1S/C15H24N2OS/c18-9-12-4-2-1-3-5-14(12)16-8-13-10-19-15(17-13)11-6-7-11/h10-12,14,16,18H,1-9H2. The molecule has 2 aliphatic carbocycles. The number of hydrogen-bond donors (Lipinski definition) is 2. The summed E-state index contributed by atoms with van der Waals surface area (Å²) >= 11 is 1.82. The average molecular weight is 280 g/mol. The van der Waals surface area contributed by atoms with E-state index in [0.717, 1.165) is 12.5 Å². The SMILES string of the molecule is OCC1CCCCCC1NCc1csc(C2CC2)n1. The second-order valence-electron chi connectivity index (χ2n) is 6.02. The van der Waals surface area contributed by atoms with Gasteiger partial charge in [0.15, 0.2) is 0 Å². The van der Waals surface area contributed by atoms with Gasteiger partial charge in [0, 0.05) is 30.5 Å². The Balaban J connectivity index is 1.53. The Kier molecular flexibility index (Phi) is 4.51. The lowest BCUT2D eigenvalue weighted by Crippen LogP contribution is -2.36. The molecule has 2 atom stereocenters. The molecule has 2 fully saturated rings. The van der Waals surface area contributed by atoms with Crippen LogP contribution in [-0.2, 0) is 6.54 Å². The molecule has 3 nitrogen and oxygen atoms in total. The fourth-order valence-electron chi connectivity index (χ4n) is 3.03.